The second kappa shape index (κ2) is 10.3. The maximum absolute atomic E-state index is 13.4. The first-order chi connectivity index (χ1) is 16.5. The fraction of sp³-hybridized carbons (Fsp3) is 0.115. The van der Waals surface area contributed by atoms with Crippen molar-refractivity contribution in [3.8, 4) is 5.75 Å². The summed E-state index contributed by atoms with van der Waals surface area (Å²) in [5, 5.41) is 13.1. The highest BCUT2D eigenvalue weighted by Crippen LogP contribution is 2.38. The number of para-hydroxylation sites is 2. The topological polar surface area (TPSA) is 95.9 Å². The number of nitrogens with zero attached hydrogens (tertiary/aromatic N) is 1. The Morgan fingerprint density at radius 2 is 1.62 bits per heavy atom. The summed E-state index contributed by atoms with van der Waals surface area (Å²) in [5.41, 5.74) is 1.02. The first kappa shape index (κ1) is 23.1. The first-order valence-corrected chi connectivity index (χ1v) is 11.5. The Bertz CT molecular complexity index is 1260. The fourth-order valence-corrected chi connectivity index (χ4v) is 4.24. The zero-order valence-corrected chi connectivity index (χ0v) is 19.2. The molecule has 0 spiro atoms. The van der Waals surface area contributed by atoms with Gasteiger partial charge in [-0.3, -0.25) is 9.59 Å². The molecule has 172 valence electrons. The highest BCUT2D eigenvalue weighted by atomic mass is 32.2. The van der Waals surface area contributed by atoms with E-state index in [1.807, 2.05) is 37.3 Å². The number of nitrogens with one attached hydrogen (secondary N) is 1. The van der Waals surface area contributed by atoms with Crippen LogP contribution in [0, 0.1) is 0 Å². The van der Waals surface area contributed by atoms with Crippen molar-refractivity contribution >= 4 is 40.9 Å². The Morgan fingerprint density at radius 3 is 2.29 bits per heavy atom. The van der Waals surface area contributed by atoms with Gasteiger partial charge in [0, 0.05) is 4.90 Å². The summed E-state index contributed by atoms with van der Waals surface area (Å²) < 4.78 is 5.13. The van der Waals surface area contributed by atoms with E-state index in [1.165, 1.54) is 30.3 Å². The zero-order chi connectivity index (χ0) is 24.1. The standard InChI is InChI=1S/C26H22N2O5S/c1-2-16-33-26(32)17-12-14-18(15-13-17)28-24(30)22(27-20-10-6-7-11-21(20)29)23(25(28)31)34-19-8-4-3-5-9-19/h3-15,27,29H,2,16H2,1H3. The molecule has 1 heterocycles. The molecule has 0 saturated carbocycles. The van der Waals surface area contributed by atoms with Gasteiger partial charge in [-0.2, -0.15) is 0 Å². The minimum Gasteiger partial charge on any atom is -0.506 e. The van der Waals surface area contributed by atoms with Gasteiger partial charge in [0.25, 0.3) is 11.8 Å². The number of carbonyl (C=O) groups is 3. The van der Waals surface area contributed by atoms with E-state index in [9.17, 15) is 19.5 Å². The van der Waals surface area contributed by atoms with Crippen LogP contribution in [0.3, 0.4) is 0 Å². The zero-order valence-electron chi connectivity index (χ0n) is 18.4. The molecule has 0 unspecified atom stereocenters. The number of rotatable bonds is 8. The highest BCUT2D eigenvalue weighted by Gasteiger charge is 2.40. The Labute approximate surface area is 201 Å². The number of esters is 1. The molecular formula is C26H22N2O5S. The summed E-state index contributed by atoms with van der Waals surface area (Å²) in [6, 6.07) is 21.8. The number of hydrogen-bond acceptors (Lipinski definition) is 7. The lowest BCUT2D eigenvalue weighted by molar-refractivity contribution is -0.120. The van der Waals surface area contributed by atoms with Crippen LogP contribution in [0.25, 0.3) is 0 Å². The largest absolute Gasteiger partial charge is 0.506 e. The van der Waals surface area contributed by atoms with E-state index >= 15 is 0 Å². The average Bonchev–Trinajstić information content (AvgIpc) is 3.08. The van der Waals surface area contributed by atoms with Crippen LogP contribution in [-0.4, -0.2) is 29.5 Å². The van der Waals surface area contributed by atoms with Crippen molar-refractivity contribution in [2.75, 3.05) is 16.8 Å². The number of ether oxygens (including phenoxy) is 1. The summed E-state index contributed by atoms with van der Waals surface area (Å²) in [6.07, 6.45) is 0.709. The van der Waals surface area contributed by atoms with E-state index in [-0.39, 0.29) is 16.4 Å². The molecule has 0 atom stereocenters. The molecule has 3 aromatic rings. The first-order valence-electron chi connectivity index (χ1n) is 10.7. The van der Waals surface area contributed by atoms with E-state index in [0.717, 1.165) is 21.6 Å². The quantitative estimate of drug-likeness (QED) is 0.271. The minimum atomic E-state index is -0.562. The van der Waals surface area contributed by atoms with Gasteiger partial charge < -0.3 is 15.2 Å². The van der Waals surface area contributed by atoms with Crippen molar-refractivity contribution in [1.82, 2.24) is 0 Å². The van der Waals surface area contributed by atoms with Crippen molar-refractivity contribution in [2.24, 2.45) is 0 Å². The fourth-order valence-electron chi connectivity index (χ4n) is 3.29. The van der Waals surface area contributed by atoms with Gasteiger partial charge in [-0.15, -0.1) is 0 Å². The maximum Gasteiger partial charge on any atom is 0.338 e. The van der Waals surface area contributed by atoms with Crippen LogP contribution in [0.2, 0.25) is 0 Å². The van der Waals surface area contributed by atoms with E-state index in [0.29, 0.717) is 30.0 Å². The van der Waals surface area contributed by atoms with Crippen molar-refractivity contribution < 1.29 is 24.2 Å². The minimum absolute atomic E-state index is 0.0484. The molecule has 0 radical (unpaired) electrons. The summed E-state index contributed by atoms with van der Waals surface area (Å²) in [4.78, 5) is 40.9. The lowest BCUT2D eigenvalue weighted by Gasteiger charge is -2.16. The van der Waals surface area contributed by atoms with Crippen LogP contribution >= 0.6 is 11.8 Å². The Kier molecular flexibility index (Phi) is 6.98. The number of hydrogen-bond donors (Lipinski definition) is 2. The highest BCUT2D eigenvalue weighted by molar-refractivity contribution is 8.04. The molecule has 0 fully saturated rings. The van der Waals surface area contributed by atoms with Gasteiger partial charge in [-0.25, -0.2) is 9.69 Å². The number of aromatic hydroxyl groups is 1. The van der Waals surface area contributed by atoms with E-state index < -0.39 is 17.8 Å². The molecule has 8 heteroatoms. The average molecular weight is 475 g/mol. The molecule has 34 heavy (non-hydrogen) atoms. The van der Waals surface area contributed by atoms with Crippen LogP contribution in [0.5, 0.6) is 5.75 Å². The van der Waals surface area contributed by atoms with Crippen molar-refractivity contribution in [1.29, 1.82) is 0 Å². The summed E-state index contributed by atoms with van der Waals surface area (Å²) >= 11 is 1.16. The summed E-state index contributed by atoms with van der Waals surface area (Å²) in [6.45, 7) is 2.22. The van der Waals surface area contributed by atoms with Gasteiger partial charge in [0.05, 0.1) is 23.5 Å². The Morgan fingerprint density at radius 1 is 0.941 bits per heavy atom. The SMILES string of the molecule is CCCOC(=O)c1ccc(N2C(=O)C(Nc3ccccc3O)=C(Sc3ccccc3)C2=O)cc1. The number of phenolic OH excluding ortho intramolecular Hbond substituents is 1. The number of benzene rings is 3. The number of phenols is 1. The predicted molar refractivity (Wildman–Crippen MR) is 131 cm³/mol. The molecule has 7 nitrogen and oxygen atoms in total. The monoisotopic (exact) mass is 474 g/mol. The van der Waals surface area contributed by atoms with Gasteiger partial charge in [0.1, 0.15) is 16.4 Å². The smallest absolute Gasteiger partial charge is 0.338 e. The Balaban J connectivity index is 1.66. The van der Waals surface area contributed by atoms with Crippen molar-refractivity contribution in [2.45, 2.75) is 18.2 Å². The van der Waals surface area contributed by atoms with Crippen LogP contribution in [0.1, 0.15) is 23.7 Å². The van der Waals surface area contributed by atoms with E-state index in [1.54, 1.807) is 18.2 Å². The van der Waals surface area contributed by atoms with Crippen LogP contribution in [-0.2, 0) is 14.3 Å². The molecule has 2 amide bonds. The van der Waals surface area contributed by atoms with Gasteiger partial charge in [0.2, 0.25) is 0 Å². The summed E-state index contributed by atoms with van der Waals surface area (Å²) in [5.74, 6) is -1.58. The molecular weight excluding hydrogens is 452 g/mol. The van der Waals surface area contributed by atoms with Gasteiger partial charge in [-0.1, -0.05) is 49.0 Å². The van der Waals surface area contributed by atoms with E-state index in [2.05, 4.69) is 5.32 Å². The number of carbonyl (C=O) groups excluding carboxylic acids is 3. The molecule has 0 bridgehead atoms. The third kappa shape index (κ3) is 4.82. The molecule has 0 saturated heterocycles. The van der Waals surface area contributed by atoms with Crippen LogP contribution in [0.4, 0.5) is 11.4 Å². The molecule has 0 aliphatic carbocycles. The lowest BCUT2D eigenvalue weighted by atomic mass is 10.2. The van der Waals surface area contributed by atoms with Crippen LogP contribution in [0.15, 0.2) is 94.4 Å². The van der Waals surface area contributed by atoms with Crippen LogP contribution < -0.4 is 10.2 Å². The number of thioether (sulfide) groups is 1. The van der Waals surface area contributed by atoms with Gasteiger partial charge >= 0.3 is 5.97 Å². The van der Waals surface area contributed by atoms with Gasteiger partial charge in [-0.05, 0) is 55.0 Å². The lowest BCUT2D eigenvalue weighted by Crippen LogP contribution is -2.32. The molecule has 0 aromatic heterocycles. The molecule has 4 rings (SSSR count). The number of anilines is 2. The second-order valence-electron chi connectivity index (χ2n) is 7.39. The molecule has 1 aliphatic heterocycles. The van der Waals surface area contributed by atoms with Crippen molar-refractivity contribution in [3.05, 3.63) is 95.0 Å². The molecule has 1 aliphatic rings. The second-order valence-corrected chi connectivity index (χ2v) is 8.47. The Hall–Kier alpha value is -4.04. The maximum atomic E-state index is 13.4. The summed E-state index contributed by atoms with van der Waals surface area (Å²) in [7, 11) is 0. The predicted octanol–water partition coefficient (Wildman–Crippen LogP) is 4.95. The van der Waals surface area contributed by atoms with Gasteiger partial charge in [0.15, 0.2) is 0 Å². The number of amides is 2. The molecule has 3 aromatic carbocycles. The third-order valence-electron chi connectivity index (χ3n) is 4.97. The normalized spacial score (nSPS) is 13.4. The van der Waals surface area contributed by atoms with E-state index in [4.69, 9.17) is 4.74 Å². The molecule has 2 N–H and O–H groups in total. The number of imide groups is 1. The van der Waals surface area contributed by atoms with Crippen molar-refractivity contribution in [3.63, 3.8) is 0 Å². The third-order valence-corrected chi connectivity index (χ3v) is 6.06.